The largest absolute Gasteiger partial charge is 0.495 e. The van der Waals surface area contributed by atoms with Crippen molar-refractivity contribution in [3.8, 4) is 5.75 Å². The molecule has 1 saturated heterocycles. The standard InChI is InChI=1S/C18H22N2O3S/c1-23-17-9-5-6-10-18(17)24(21,22)20-13-11-19(12-14-20)15-16-7-3-2-4-8-16/h2-10H,11-15H2,1H3. The van der Waals surface area contributed by atoms with Gasteiger partial charge in [0.25, 0.3) is 0 Å². The van der Waals surface area contributed by atoms with E-state index >= 15 is 0 Å². The van der Waals surface area contributed by atoms with Crippen molar-refractivity contribution in [3.05, 3.63) is 60.2 Å². The minimum atomic E-state index is -3.52. The van der Waals surface area contributed by atoms with Gasteiger partial charge < -0.3 is 4.74 Å². The van der Waals surface area contributed by atoms with Crippen LogP contribution in [0.2, 0.25) is 0 Å². The summed E-state index contributed by atoms with van der Waals surface area (Å²) in [5, 5.41) is 0. The molecule has 128 valence electrons. The van der Waals surface area contributed by atoms with E-state index in [0.29, 0.717) is 18.8 Å². The zero-order valence-corrected chi connectivity index (χ0v) is 14.6. The van der Waals surface area contributed by atoms with Crippen LogP contribution in [0.4, 0.5) is 0 Å². The van der Waals surface area contributed by atoms with Crippen LogP contribution in [-0.2, 0) is 16.6 Å². The van der Waals surface area contributed by atoms with Gasteiger partial charge in [-0.3, -0.25) is 4.90 Å². The van der Waals surface area contributed by atoms with Crippen molar-refractivity contribution < 1.29 is 13.2 Å². The zero-order chi connectivity index (χ0) is 17.0. The minimum Gasteiger partial charge on any atom is -0.495 e. The fourth-order valence-corrected chi connectivity index (χ4v) is 4.52. The quantitative estimate of drug-likeness (QED) is 0.833. The van der Waals surface area contributed by atoms with Crippen molar-refractivity contribution >= 4 is 10.0 Å². The van der Waals surface area contributed by atoms with Crippen LogP contribution in [-0.4, -0.2) is 50.9 Å². The molecule has 1 heterocycles. The Morgan fingerprint density at radius 3 is 2.21 bits per heavy atom. The molecule has 0 amide bonds. The molecule has 1 aliphatic heterocycles. The van der Waals surface area contributed by atoms with Crippen molar-refractivity contribution in [2.75, 3.05) is 33.3 Å². The van der Waals surface area contributed by atoms with Crippen molar-refractivity contribution in [3.63, 3.8) is 0 Å². The summed E-state index contributed by atoms with van der Waals surface area (Å²) >= 11 is 0. The summed E-state index contributed by atoms with van der Waals surface area (Å²) in [4.78, 5) is 2.52. The van der Waals surface area contributed by atoms with E-state index in [1.165, 1.54) is 12.7 Å². The molecule has 24 heavy (non-hydrogen) atoms. The van der Waals surface area contributed by atoms with E-state index in [1.54, 1.807) is 28.6 Å². The normalized spacial score (nSPS) is 16.9. The van der Waals surface area contributed by atoms with Gasteiger partial charge in [-0.15, -0.1) is 0 Å². The number of rotatable bonds is 5. The van der Waals surface area contributed by atoms with E-state index in [0.717, 1.165) is 19.6 Å². The molecule has 0 bridgehead atoms. The monoisotopic (exact) mass is 346 g/mol. The molecular formula is C18H22N2O3S. The second-order valence-corrected chi connectivity index (χ2v) is 7.72. The number of benzene rings is 2. The van der Waals surface area contributed by atoms with Crippen molar-refractivity contribution in [1.29, 1.82) is 0 Å². The van der Waals surface area contributed by atoms with E-state index in [2.05, 4.69) is 17.0 Å². The van der Waals surface area contributed by atoms with Gasteiger partial charge in [0.1, 0.15) is 10.6 Å². The van der Waals surface area contributed by atoms with Crippen LogP contribution in [0.1, 0.15) is 5.56 Å². The van der Waals surface area contributed by atoms with Gasteiger partial charge in [0.2, 0.25) is 10.0 Å². The van der Waals surface area contributed by atoms with Crippen LogP contribution in [0.3, 0.4) is 0 Å². The number of para-hydroxylation sites is 1. The van der Waals surface area contributed by atoms with E-state index in [-0.39, 0.29) is 4.90 Å². The average Bonchev–Trinajstić information content (AvgIpc) is 2.63. The molecule has 1 fully saturated rings. The van der Waals surface area contributed by atoms with Gasteiger partial charge in [-0.25, -0.2) is 8.42 Å². The lowest BCUT2D eigenvalue weighted by Crippen LogP contribution is -2.48. The SMILES string of the molecule is COc1ccccc1S(=O)(=O)N1CCN(Cc2ccccc2)CC1. The van der Waals surface area contributed by atoms with Crippen LogP contribution in [0.5, 0.6) is 5.75 Å². The van der Waals surface area contributed by atoms with Crippen LogP contribution in [0.25, 0.3) is 0 Å². The molecule has 0 saturated carbocycles. The summed E-state index contributed by atoms with van der Waals surface area (Å²) in [5.41, 5.74) is 1.25. The first-order valence-corrected chi connectivity index (χ1v) is 9.45. The van der Waals surface area contributed by atoms with Crippen LogP contribution in [0, 0.1) is 0 Å². The Hall–Kier alpha value is -1.89. The summed E-state index contributed by atoms with van der Waals surface area (Å²) in [6, 6.07) is 17.0. The fourth-order valence-electron chi connectivity index (χ4n) is 2.94. The lowest BCUT2D eigenvalue weighted by molar-refractivity contribution is 0.181. The van der Waals surface area contributed by atoms with Gasteiger partial charge in [-0.1, -0.05) is 42.5 Å². The fraction of sp³-hybridized carbons (Fsp3) is 0.333. The molecule has 0 unspecified atom stereocenters. The van der Waals surface area contributed by atoms with Gasteiger partial charge in [-0.05, 0) is 17.7 Å². The van der Waals surface area contributed by atoms with Crippen LogP contribution >= 0.6 is 0 Å². The lowest BCUT2D eigenvalue weighted by atomic mass is 10.2. The predicted octanol–water partition coefficient (Wildman–Crippen LogP) is 2.20. The van der Waals surface area contributed by atoms with E-state index in [9.17, 15) is 8.42 Å². The number of piperazine rings is 1. The van der Waals surface area contributed by atoms with E-state index in [1.807, 2.05) is 18.2 Å². The zero-order valence-electron chi connectivity index (χ0n) is 13.8. The first-order chi connectivity index (χ1) is 11.6. The van der Waals surface area contributed by atoms with Crippen molar-refractivity contribution in [2.24, 2.45) is 0 Å². The molecule has 0 radical (unpaired) electrons. The Kier molecular flexibility index (Phi) is 5.18. The molecule has 2 aromatic rings. The number of sulfonamides is 1. The highest BCUT2D eigenvalue weighted by Crippen LogP contribution is 2.27. The van der Waals surface area contributed by atoms with Gasteiger partial charge in [0.05, 0.1) is 7.11 Å². The summed E-state index contributed by atoms with van der Waals surface area (Å²) in [7, 11) is -2.03. The molecule has 0 N–H and O–H groups in total. The Labute approximate surface area is 143 Å². The molecule has 0 aliphatic carbocycles. The van der Waals surface area contributed by atoms with Gasteiger partial charge in [0.15, 0.2) is 0 Å². The molecule has 2 aromatic carbocycles. The highest BCUT2D eigenvalue weighted by atomic mass is 32.2. The molecule has 6 heteroatoms. The Balaban J connectivity index is 1.67. The third kappa shape index (κ3) is 3.61. The van der Waals surface area contributed by atoms with Gasteiger partial charge in [-0.2, -0.15) is 4.31 Å². The number of hydrogen-bond acceptors (Lipinski definition) is 4. The smallest absolute Gasteiger partial charge is 0.246 e. The third-order valence-electron chi connectivity index (χ3n) is 4.27. The summed E-state index contributed by atoms with van der Waals surface area (Å²) in [5.74, 6) is 0.393. The predicted molar refractivity (Wildman–Crippen MR) is 93.5 cm³/mol. The maximum Gasteiger partial charge on any atom is 0.246 e. The maximum atomic E-state index is 12.9. The molecule has 0 spiro atoms. The maximum absolute atomic E-state index is 12.9. The molecule has 3 rings (SSSR count). The van der Waals surface area contributed by atoms with Crippen molar-refractivity contribution in [1.82, 2.24) is 9.21 Å². The third-order valence-corrected chi connectivity index (χ3v) is 6.21. The lowest BCUT2D eigenvalue weighted by Gasteiger charge is -2.34. The molecule has 0 aromatic heterocycles. The number of nitrogens with zero attached hydrogens (tertiary/aromatic N) is 2. The first-order valence-electron chi connectivity index (χ1n) is 8.01. The van der Waals surface area contributed by atoms with Crippen LogP contribution < -0.4 is 4.74 Å². The summed E-state index contributed by atoms with van der Waals surface area (Å²) < 4.78 is 32.5. The second kappa shape index (κ2) is 7.34. The highest BCUT2D eigenvalue weighted by Gasteiger charge is 2.30. The number of methoxy groups -OCH3 is 1. The number of hydrogen-bond donors (Lipinski definition) is 0. The molecule has 0 atom stereocenters. The Bertz CT molecular complexity index is 770. The molecular weight excluding hydrogens is 324 g/mol. The Morgan fingerprint density at radius 2 is 1.54 bits per heavy atom. The van der Waals surface area contributed by atoms with Gasteiger partial charge >= 0.3 is 0 Å². The van der Waals surface area contributed by atoms with Crippen LogP contribution in [0.15, 0.2) is 59.5 Å². The first kappa shape index (κ1) is 17.0. The minimum absolute atomic E-state index is 0.240. The Morgan fingerprint density at radius 1 is 0.917 bits per heavy atom. The summed E-state index contributed by atoms with van der Waals surface area (Å²) in [6.45, 7) is 3.29. The molecule has 1 aliphatic rings. The summed E-state index contributed by atoms with van der Waals surface area (Å²) in [6.07, 6.45) is 0. The second-order valence-electron chi connectivity index (χ2n) is 5.82. The average molecular weight is 346 g/mol. The van der Waals surface area contributed by atoms with E-state index < -0.39 is 10.0 Å². The van der Waals surface area contributed by atoms with Gasteiger partial charge in [0, 0.05) is 32.7 Å². The highest BCUT2D eigenvalue weighted by molar-refractivity contribution is 7.89. The topological polar surface area (TPSA) is 49.9 Å². The molecule has 5 nitrogen and oxygen atoms in total. The van der Waals surface area contributed by atoms with Crippen molar-refractivity contribution in [2.45, 2.75) is 11.4 Å². The number of ether oxygens (including phenoxy) is 1. The van der Waals surface area contributed by atoms with E-state index in [4.69, 9.17) is 4.74 Å².